The van der Waals surface area contributed by atoms with Crippen molar-refractivity contribution in [2.45, 2.75) is 25.2 Å². The van der Waals surface area contributed by atoms with Crippen LogP contribution in [0.2, 0.25) is 0 Å². The predicted molar refractivity (Wildman–Crippen MR) is 106 cm³/mol. The Morgan fingerprint density at radius 3 is 2.46 bits per heavy atom. The molecule has 0 saturated carbocycles. The number of nitrogens with one attached hydrogen (secondary N) is 2. The molecule has 0 atom stereocenters. The predicted octanol–water partition coefficient (Wildman–Crippen LogP) is 2.58. The average molecular weight is 403 g/mol. The molecule has 0 aromatic heterocycles. The molecule has 1 aliphatic rings. The zero-order chi connectivity index (χ0) is 20.3. The Morgan fingerprint density at radius 2 is 1.82 bits per heavy atom. The smallest absolute Gasteiger partial charge is 0.265 e. The van der Waals surface area contributed by atoms with Crippen molar-refractivity contribution < 1.29 is 22.7 Å². The number of ether oxygens (including phenoxy) is 1. The van der Waals surface area contributed by atoms with Gasteiger partial charge in [-0.1, -0.05) is 6.92 Å². The number of amides is 2. The lowest BCUT2D eigenvalue weighted by atomic mass is 10.2. The van der Waals surface area contributed by atoms with E-state index in [2.05, 4.69) is 10.0 Å². The Hall–Kier alpha value is -3.07. The van der Waals surface area contributed by atoms with Crippen LogP contribution >= 0.6 is 0 Å². The van der Waals surface area contributed by atoms with Crippen LogP contribution in [0.5, 0.6) is 5.75 Å². The molecule has 0 bridgehead atoms. The van der Waals surface area contributed by atoms with Crippen molar-refractivity contribution in [1.29, 1.82) is 0 Å². The lowest BCUT2D eigenvalue weighted by Gasteiger charge is -2.29. The van der Waals surface area contributed by atoms with Gasteiger partial charge in [0.25, 0.3) is 15.9 Å². The molecule has 0 radical (unpaired) electrons. The third-order valence-electron chi connectivity index (χ3n) is 4.09. The average Bonchev–Trinajstić information content (AvgIpc) is 2.64. The minimum Gasteiger partial charge on any atom is -0.482 e. The van der Waals surface area contributed by atoms with Crippen LogP contribution in [0.4, 0.5) is 17.1 Å². The number of benzene rings is 2. The molecule has 0 unspecified atom stereocenters. The number of anilines is 3. The molecule has 0 spiro atoms. The highest BCUT2D eigenvalue weighted by atomic mass is 32.2. The first-order chi connectivity index (χ1) is 13.3. The molecule has 2 N–H and O–H groups in total. The van der Waals surface area contributed by atoms with Gasteiger partial charge < -0.3 is 15.0 Å². The summed E-state index contributed by atoms with van der Waals surface area (Å²) in [6, 6.07) is 10.6. The molecule has 28 heavy (non-hydrogen) atoms. The highest BCUT2D eigenvalue weighted by Gasteiger charge is 2.25. The van der Waals surface area contributed by atoms with Crippen molar-refractivity contribution >= 4 is 38.9 Å². The van der Waals surface area contributed by atoms with E-state index in [0.29, 0.717) is 29.4 Å². The SMILES string of the molecule is CCCN1C(=O)COc2ccc(NS(=O)(=O)c3ccc(NC(C)=O)cc3)cc21. The van der Waals surface area contributed by atoms with Crippen LogP contribution in [-0.4, -0.2) is 33.4 Å². The van der Waals surface area contributed by atoms with E-state index >= 15 is 0 Å². The van der Waals surface area contributed by atoms with Crippen LogP contribution < -0.4 is 19.7 Å². The summed E-state index contributed by atoms with van der Waals surface area (Å²) in [7, 11) is -3.84. The molecule has 0 saturated heterocycles. The molecule has 2 aromatic carbocycles. The van der Waals surface area contributed by atoms with Crippen molar-refractivity contribution in [3.05, 3.63) is 42.5 Å². The number of nitrogens with zero attached hydrogens (tertiary/aromatic N) is 1. The third kappa shape index (κ3) is 4.25. The molecule has 8 nitrogen and oxygen atoms in total. The second-order valence-corrected chi connectivity index (χ2v) is 8.01. The van der Waals surface area contributed by atoms with Crippen LogP contribution in [0.25, 0.3) is 0 Å². The Morgan fingerprint density at radius 1 is 1.14 bits per heavy atom. The molecule has 9 heteroatoms. The zero-order valence-electron chi connectivity index (χ0n) is 15.6. The fraction of sp³-hybridized carbons (Fsp3) is 0.263. The largest absolute Gasteiger partial charge is 0.482 e. The maximum absolute atomic E-state index is 12.7. The monoisotopic (exact) mass is 403 g/mol. The molecule has 1 aliphatic heterocycles. The Balaban J connectivity index is 1.85. The van der Waals surface area contributed by atoms with Crippen LogP contribution in [-0.2, 0) is 19.6 Å². The van der Waals surface area contributed by atoms with Crippen molar-refractivity contribution in [2.75, 3.05) is 28.1 Å². The van der Waals surface area contributed by atoms with E-state index in [1.54, 1.807) is 23.1 Å². The lowest BCUT2D eigenvalue weighted by molar-refractivity contribution is -0.121. The molecule has 3 rings (SSSR count). The first-order valence-electron chi connectivity index (χ1n) is 8.78. The number of hydrogen-bond donors (Lipinski definition) is 2. The number of hydrogen-bond acceptors (Lipinski definition) is 5. The number of carbonyl (C=O) groups excluding carboxylic acids is 2. The van der Waals surface area contributed by atoms with Crippen molar-refractivity contribution in [3.8, 4) is 5.75 Å². The van der Waals surface area contributed by atoms with E-state index in [-0.39, 0.29) is 23.3 Å². The van der Waals surface area contributed by atoms with Crippen LogP contribution in [0.15, 0.2) is 47.4 Å². The van der Waals surface area contributed by atoms with E-state index in [4.69, 9.17) is 4.74 Å². The highest BCUT2D eigenvalue weighted by Crippen LogP contribution is 2.35. The van der Waals surface area contributed by atoms with Crippen LogP contribution in [0, 0.1) is 0 Å². The zero-order valence-corrected chi connectivity index (χ0v) is 16.4. The van der Waals surface area contributed by atoms with Gasteiger partial charge in [-0.2, -0.15) is 0 Å². The van der Waals surface area contributed by atoms with Gasteiger partial charge in [-0.25, -0.2) is 8.42 Å². The van der Waals surface area contributed by atoms with Gasteiger partial charge >= 0.3 is 0 Å². The van der Waals surface area contributed by atoms with Crippen LogP contribution in [0.1, 0.15) is 20.3 Å². The molecular formula is C19H21N3O5S. The summed E-state index contributed by atoms with van der Waals surface area (Å²) < 4.78 is 33.3. The first kappa shape index (κ1) is 19.7. The normalized spacial score (nSPS) is 13.5. The Kier molecular flexibility index (Phi) is 5.55. The van der Waals surface area contributed by atoms with Gasteiger partial charge in [0.2, 0.25) is 5.91 Å². The fourth-order valence-electron chi connectivity index (χ4n) is 2.87. The summed E-state index contributed by atoms with van der Waals surface area (Å²) in [4.78, 5) is 24.8. The van der Waals surface area contributed by atoms with Gasteiger partial charge in [-0.05, 0) is 48.9 Å². The summed E-state index contributed by atoms with van der Waals surface area (Å²) in [6.45, 7) is 3.83. The van der Waals surface area contributed by atoms with Gasteiger partial charge in [-0.3, -0.25) is 14.3 Å². The number of fused-ring (bicyclic) bond motifs is 1. The quantitative estimate of drug-likeness (QED) is 0.771. The van der Waals surface area contributed by atoms with Crippen molar-refractivity contribution in [1.82, 2.24) is 0 Å². The van der Waals surface area contributed by atoms with E-state index in [9.17, 15) is 18.0 Å². The molecule has 1 heterocycles. The number of sulfonamides is 1. The third-order valence-corrected chi connectivity index (χ3v) is 5.48. The van der Waals surface area contributed by atoms with Gasteiger partial charge in [-0.15, -0.1) is 0 Å². The minimum atomic E-state index is -3.84. The number of carbonyl (C=O) groups is 2. The highest BCUT2D eigenvalue weighted by molar-refractivity contribution is 7.92. The van der Waals surface area contributed by atoms with E-state index < -0.39 is 10.0 Å². The molecule has 0 fully saturated rings. The molecule has 148 valence electrons. The Bertz CT molecular complexity index is 1000. The van der Waals surface area contributed by atoms with Gasteiger partial charge in [0.05, 0.1) is 16.3 Å². The molecule has 0 aliphatic carbocycles. The molecule has 2 amide bonds. The van der Waals surface area contributed by atoms with Gasteiger partial charge in [0.15, 0.2) is 6.61 Å². The topological polar surface area (TPSA) is 105 Å². The van der Waals surface area contributed by atoms with Crippen LogP contribution in [0.3, 0.4) is 0 Å². The molecule has 2 aromatic rings. The Labute approximate surface area is 163 Å². The van der Waals surface area contributed by atoms with Crippen molar-refractivity contribution in [2.24, 2.45) is 0 Å². The van der Waals surface area contributed by atoms with Gasteiger partial charge in [0, 0.05) is 19.2 Å². The van der Waals surface area contributed by atoms with E-state index in [1.807, 2.05) is 6.92 Å². The minimum absolute atomic E-state index is 0.0290. The lowest BCUT2D eigenvalue weighted by Crippen LogP contribution is -2.39. The standard InChI is InChI=1S/C19H21N3O5S/c1-3-10-22-17-11-15(6-9-18(17)27-12-19(22)24)21-28(25,26)16-7-4-14(5-8-16)20-13(2)23/h4-9,11,21H,3,10,12H2,1-2H3,(H,20,23). The fourth-order valence-corrected chi connectivity index (χ4v) is 3.92. The summed E-state index contributed by atoms with van der Waals surface area (Å²) in [5, 5.41) is 2.58. The van der Waals surface area contributed by atoms with Gasteiger partial charge in [0.1, 0.15) is 5.75 Å². The summed E-state index contributed by atoms with van der Waals surface area (Å²) in [5.41, 5.74) is 1.37. The van der Waals surface area contributed by atoms with E-state index in [0.717, 1.165) is 6.42 Å². The maximum Gasteiger partial charge on any atom is 0.265 e. The summed E-state index contributed by atoms with van der Waals surface area (Å²) in [6.07, 6.45) is 0.766. The summed E-state index contributed by atoms with van der Waals surface area (Å²) >= 11 is 0. The second kappa shape index (κ2) is 7.89. The maximum atomic E-state index is 12.7. The molecular weight excluding hydrogens is 382 g/mol. The second-order valence-electron chi connectivity index (χ2n) is 6.33. The van der Waals surface area contributed by atoms with E-state index in [1.165, 1.54) is 31.2 Å². The number of rotatable bonds is 6. The summed E-state index contributed by atoms with van der Waals surface area (Å²) in [5.74, 6) is 0.134. The first-order valence-corrected chi connectivity index (χ1v) is 10.3. The van der Waals surface area contributed by atoms with Crippen molar-refractivity contribution in [3.63, 3.8) is 0 Å².